The van der Waals surface area contributed by atoms with Gasteiger partial charge in [0.15, 0.2) is 0 Å². The van der Waals surface area contributed by atoms with E-state index in [2.05, 4.69) is 16.7 Å². The van der Waals surface area contributed by atoms with Gasteiger partial charge in [0.25, 0.3) is 0 Å². The van der Waals surface area contributed by atoms with E-state index >= 15 is 0 Å². The molecular formula is C27H25ClN2O3. The van der Waals surface area contributed by atoms with Crippen LogP contribution in [0.4, 0.5) is 11.4 Å². The lowest BCUT2D eigenvalue weighted by atomic mass is 9.76. The van der Waals surface area contributed by atoms with Crippen LogP contribution in [0.25, 0.3) is 0 Å². The van der Waals surface area contributed by atoms with E-state index in [9.17, 15) is 4.79 Å². The first-order valence-corrected chi connectivity index (χ1v) is 11.3. The molecular weight excluding hydrogens is 436 g/mol. The maximum absolute atomic E-state index is 13.7. The first kappa shape index (κ1) is 21.4. The van der Waals surface area contributed by atoms with E-state index in [1.54, 1.807) is 14.2 Å². The Labute approximate surface area is 198 Å². The Balaban J connectivity index is 1.67. The predicted molar refractivity (Wildman–Crippen MR) is 131 cm³/mol. The second kappa shape index (κ2) is 8.83. The molecule has 1 aliphatic heterocycles. The van der Waals surface area contributed by atoms with Gasteiger partial charge in [-0.2, -0.15) is 0 Å². The Bertz CT molecular complexity index is 1240. The van der Waals surface area contributed by atoms with Crippen molar-refractivity contribution in [2.75, 3.05) is 24.9 Å². The molecule has 0 amide bonds. The molecule has 0 saturated carbocycles. The number of anilines is 2. The van der Waals surface area contributed by atoms with Gasteiger partial charge in [-0.15, -0.1) is 0 Å². The Morgan fingerprint density at radius 3 is 2.42 bits per heavy atom. The maximum Gasteiger partial charge on any atom is 0.145 e. The van der Waals surface area contributed by atoms with Crippen molar-refractivity contribution in [2.45, 2.75) is 18.4 Å². The molecule has 5 rings (SSSR count). The minimum atomic E-state index is -0.419. The lowest BCUT2D eigenvalue weighted by molar-refractivity contribution is -0.122. The number of rotatable bonds is 4. The summed E-state index contributed by atoms with van der Waals surface area (Å²) in [5.74, 6) is 1.04. The third kappa shape index (κ3) is 3.93. The molecule has 1 aliphatic carbocycles. The van der Waals surface area contributed by atoms with Crippen molar-refractivity contribution in [1.29, 1.82) is 0 Å². The first-order chi connectivity index (χ1) is 16.1. The van der Waals surface area contributed by atoms with Crippen LogP contribution in [0, 0.1) is 5.92 Å². The van der Waals surface area contributed by atoms with E-state index in [1.807, 2.05) is 66.7 Å². The van der Waals surface area contributed by atoms with E-state index in [-0.39, 0.29) is 17.7 Å². The van der Waals surface area contributed by atoms with Crippen molar-refractivity contribution < 1.29 is 14.3 Å². The summed E-state index contributed by atoms with van der Waals surface area (Å²) in [6, 6.07) is 21.0. The number of carbonyl (C=O) groups is 1. The van der Waals surface area contributed by atoms with Gasteiger partial charge in [0.1, 0.15) is 17.3 Å². The van der Waals surface area contributed by atoms with Crippen molar-refractivity contribution in [1.82, 2.24) is 0 Å². The molecule has 6 heteroatoms. The van der Waals surface area contributed by atoms with Crippen LogP contribution < -0.4 is 20.1 Å². The number of ketones is 1. The number of hydrogen-bond acceptors (Lipinski definition) is 5. The second-order valence-electron chi connectivity index (χ2n) is 8.30. The van der Waals surface area contributed by atoms with Gasteiger partial charge in [0.05, 0.1) is 37.6 Å². The highest BCUT2D eigenvalue weighted by Crippen LogP contribution is 2.47. The van der Waals surface area contributed by atoms with E-state index in [0.717, 1.165) is 28.2 Å². The molecule has 33 heavy (non-hydrogen) atoms. The zero-order chi connectivity index (χ0) is 22.9. The van der Waals surface area contributed by atoms with Gasteiger partial charge in [-0.05, 0) is 42.0 Å². The highest BCUT2D eigenvalue weighted by Gasteiger charge is 2.41. The van der Waals surface area contributed by atoms with E-state index in [4.69, 9.17) is 21.1 Å². The lowest BCUT2D eigenvalue weighted by Gasteiger charge is -2.33. The third-order valence-corrected chi connectivity index (χ3v) is 6.76. The summed E-state index contributed by atoms with van der Waals surface area (Å²) >= 11 is 6.49. The van der Waals surface area contributed by atoms with Crippen LogP contribution in [0.15, 0.2) is 78.5 Å². The predicted octanol–water partition coefficient (Wildman–Crippen LogP) is 6.19. The molecule has 5 nitrogen and oxygen atoms in total. The number of Topliss-reactive ketones (excluding diaryl/α,β-unsaturated/α-hetero) is 1. The zero-order valence-electron chi connectivity index (χ0n) is 18.5. The van der Waals surface area contributed by atoms with Crippen LogP contribution in [0.2, 0.25) is 5.02 Å². The number of fused-ring (bicyclic) bond motifs is 2. The maximum atomic E-state index is 13.7. The molecule has 0 fully saturated rings. The van der Waals surface area contributed by atoms with Gasteiger partial charge in [0, 0.05) is 28.6 Å². The van der Waals surface area contributed by atoms with Gasteiger partial charge < -0.3 is 20.1 Å². The van der Waals surface area contributed by atoms with Crippen molar-refractivity contribution in [3.63, 3.8) is 0 Å². The van der Waals surface area contributed by atoms with Gasteiger partial charge in [0.2, 0.25) is 0 Å². The zero-order valence-corrected chi connectivity index (χ0v) is 19.2. The second-order valence-corrected chi connectivity index (χ2v) is 8.71. The molecule has 2 N–H and O–H groups in total. The number of ether oxygens (including phenoxy) is 2. The van der Waals surface area contributed by atoms with Gasteiger partial charge in [-0.3, -0.25) is 4.79 Å². The topological polar surface area (TPSA) is 59.6 Å². The quantitative estimate of drug-likeness (QED) is 0.486. The van der Waals surface area contributed by atoms with E-state index < -0.39 is 5.92 Å². The van der Waals surface area contributed by atoms with Crippen LogP contribution in [0.5, 0.6) is 11.5 Å². The van der Waals surface area contributed by atoms with Crippen molar-refractivity contribution in [2.24, 2.45) is 5.92 Å². The minimum absolute atomic E-state index is 0.0944. The summed E-state index contributed by atoms with van der Waals surface area (Å²) in [6.07, 6.45) is 2.52. The molecule has 0 saturated heterocycles. The molecule has 3 unspecified atom stereocenters. The van der Waals surface area contributed by atoms with Crippen LogP contribution in [-0.2, 0) is 4.79 Å². The number of benzene rings is 3. The number of para-hydroxylation sites is 2. The normalized spacial score (nSPS) is 21.5. The van der Waals surface area contributed by atoms with Crippen molar-refractivity contribution in [3.05, 3.63) is 94.7 Å². The molecule has 0 bridgehead atoms. The summed E-state index contributed by atoms with van der Waals surface area (Å²) < 4.78 is 11.2. The summed E-state index contributed by atoms with van der Waals surface area (Å²) in [5.41, 5.74) is 4.54. The third-order valence-electron chi connectivity index (χ3n) is 6.41. The fourth-order valence-corrected chi connectivity index (χ4v) is 5.10. The Morgan fingerprint density at radius 2 is 1.67 bits per heavy atom. The van der Waals surface area contributed by atoms with Crippen LogP contribution in [-0.4, -0.2) is 20.0 Å². The number of halogens is 1. The first-order valence-electron chi connectivity index (χ1n) is 10.9. The number of hydrogen-bond donors (Lipinski definition) is 2. The number of methoxy groups -OCH3 is 2. The summed E-state index contributed by atoms with van der Waals surface area (Å²) in [5, 5.41) is 7.82. The van der Waals surface area contributed by atoms with Gasteiger partial charge in [-0.1, -0.05) is 48.0 Å². The molecule has 3 aromatic rings. The average molecular weight is 461 g/mol. The highest BCUT2D eigenvalue weighted by molar-refractivity contribution is 6.31. The number of carbonyl (C=O) groups excluding carboxylic acids is 1. The average Bonchev–Trinajstić information content (AvgIpc) is 3.00. The minimum Gasteiger partial charge on any atom is -0.497 e. The summed E-state index contributed by atoms with van der Waals surface area (Å²) in [7, 11) is 3.27. The number of allylic oxidation sites excluding steroid dienone is 1. The molecule has 0 radical (unpaired) electrons. The van der Waals surface area contributed by atoms with Crippen LogP contribution in [0.3, 0.4) is 0 Å². The Hall–Kier alpha value is -3.44. The van der Waals surface area contributed by atoms with Crippen LogP contribution >= 0.6 is 11.6 Å². The SMILES string of the molecule is COc1ccc(OC)c(C2Nc3ccccc3NC3=CC(c4ccccc4Cl)CC(=O)C32)c1. The fourth-order valence-electron chi connectivity index (χ4n) is 4.82. The molecule has 0 spiro atoms. The van der Waals surface area contributed by atoms with Gasteiger partial charge in [-0.25, -0.2) is 0 Å². The smallest absolute Gasteiger partial charge is 0.145 e. The summed E-state index contributed by atoms with van der Waals surface area (Å²) in [6.45, 7) is 0. The fraction of sp³-hybridized carbons (Fsp3) is 0.222. The standard InChI is InChI=1S/C27H25ClN2O3/c1-32-17-11-12-25(33-2)19(15-17)27-26-23(29-21-9-5-6-10-22(21)30-27)13-16(14-24(26)31)18-7-3-4-8-20(18)28/h3-13,15-16,26-27,29-30H,14H2,1-2H3. The molecule has 2 aliphatic rings. The van der Waals surface area contributed by atoms with Gasteiger partial charge >= 0.3 is 0 Å². The molecule has 3 atom stereocenters. The van der Waals surface area contributed by atoms with Crippen molar-refractivity contribution in [3.8, 4) is 11.5 Å². The van der Waals surface area contributed by atoms with E-state index in [0.29, 0.717) is 22.9 Å². The van der Waals surface area contributed by atoms with Crippen LogP contribution in [0.1, 0.15) is 29.5 Å². The molecule has 1 heterocycles. The number of nitrogens with one attached hydrogen (secondary N) is 2. The molecule has 168 valence electrons. The largest absolute Gasteiger partial charge is 0.497 e. The lowest BCUT2D eigenvalue weighted by Crippen LogP contribution is -2.34. The Kier molecular flexibility index (Phi) is 5.73. The van der Waals surface area contributed by atoms with Crippen molar-refractivity contribution >= 4 is 28.8 Å². The highest BCUT2D eigenvalue weighted by atomic mass is 35.5. The van der Waals surface area contributed by atoms with E-state index in [1.165, 1.54) is 0 Å². The monoisotopic (exact) mass is 460 g/mol. The molecule has 3 aromatic carbocycles. The molecule has 0 aromatic heterocycles. The summed E-state index contributed by atoms with van der Waals surface area (Å²) in [4.78, 5) is 13.7. The Morgan fingerprint density at radius 1 is 0.909 bits per heavy atom.